The number of piperazine rings is 1. The lowest BCUT2D eigenvalue weighted by Gasteiger charge is -2.43. The Balaban J connectivity index is 1.48. The molecule has 136 valence electrons. The number of carbonyl (C=O) groups is 2. The molecule has 3 rings (SSSR count). The number of halogens is 1. The number of piperidine rings is 1. The molecule has 0 unspecified atom stereocenters. The summed E-state index contributed by atoms with van der Waals surface area (Å²) in [5.74, 6) is 0.571. The topological polar surface area (TPSA) is 43.9 Å². The zero-order chi connectivity index (χ0) is 17.8. The summed E-state index contributed by atoms with van der Waals surface area (Å²) < 4.78 is 0. The molecule has 0 N–H and O–H groups in total. The zero-order valence-corrected chi connectivity index (χ0v) is 15.5. The summed E-state index contributed by atoms with van der Waals surface area (Å²) in [5, 5.41) is 5.37. The first-order valence-corrected chi connectivity index (χ1v) is 9.53. The van der Waals surface area contributed by atoms with Gasteiger partial charge < -0.3 is 4.90 Å². The Morgan fingerprint density at radius 2 is 1.52 bits per heavy atom. The van der Waals surface area contributed by atoms with Crippen LogP contribution in [0.4, 0.5) is 0 Å². The number of hydrogen-bond donors (Lipinski definition) is 0. The normalized spacial score (nSPS) is 20.6. The molecule has 1 aromatic carbocycles. The highest BCUT2D eigenvalue weighted by molar-refractivity contribution is 6.30. The van der Waals surface area contributed by atoms with Gasteiger partial charge in [0.25, 0.3) is 0 Å². The zero-order valence-electron chi connectivity index (χ0n) is 14.8. The summed E-state index contributed by atoms with van der Waals surface area (Å²) in [5.41, 5.74) is 0.759. The second kappa shape index (κ2) is 8.30. The minimum absolute atomic E-state index is 0.0976. The molecule has 6 heteroatoms. The third kappa shape index (κ3) is 4.40. The van der Waals surface area contributed by atoms with Gasteiger partial charge in [0.05, 0.1) is 0 Å². The number of carbonyl (C=O) groups excluding carboxylic acids is 2. The number of benzene rings is 1. The fourth-order valence-corrected chi connectivity index (χ4v) is 3.84. The summed E-state index contributed by atoms with van der Waals surface area (Å²) in [4.78, 5) is 26.3. The first kappa shape index (κ1) is 18.4. The van der Waals surface area contributed by atoms with Gasteiger partial charge in [0.1, 0.15) is 0 Å². The average molecular weight is 364 g/mol. The molecule has 0 saturated carbocycles. The van der Waals surface area contributed by atoms with Gasteiger partial charge in [-0.15, -0.1) is 0 Å². The number of hydrogen-bond acceptors (Lipinski definition) is 4. The van der Waals surface area contributed by atoms with Gasteiger partial charge in [0, 0.05) is 62.2 Å². The molecule has 1 amide bonds. The Bertz CT molecular complexity index is 604. The fraction of sp³-hybridized carbons (Fsp3) is 0.579. The van der Waals surface area contributed by atoms with Crippen molar-refractivity contribution in [3.05, 3.63) is 34.9 Å². The molecule has 25 heavy (non-hydrogen) atoms. The van der Waals surface area contributed by atoms with E-state index in [4.69, 9.17) is 11.6 Å². The molecule has 0 aliphatic carbocycles. The standard InChI is InChI=1S/C19H26ClN3O2/c1-2-18(24)21-11-13-23(14-12-21)22-9-7-16(8-10-22)19(25)15-3-5-17(20)6-4-15/h3-6,16H,2,7-14H2,1H3. The highest BCUT2D eigenvalue weighted by atomic mass is 35.5. The molecule has 0 spiro atoms. The molecular formula is C19H26ClN3O2. The maximum absolute atomic E-state index is 12.6. The minimum atomic E-state index is 0.0976. The predicted molar refractivity (Wildman–Crippen MR) is 98.5 cm³/mol. The van der Waals surface area contributed by atoms with E-state index >= 15 is 0 Å². The Morgan fingerprint density at radius 3 is 2.08 bits per heavy atom. The van der Waals surface area contributed by atoms with E-state index in [2.05, 4.69) is 10.0 Å². The molecule has 2 aliphatic rings. The van der Waals surface area contributed by atoms with Gasteiger partial charge in [-0.25, -0.2) is 10.0 Å². The molecule has 1 aromatic rings. The second-order valence-corrected chi connectivity index (χ2v) is 7.22. The Hall–Kier alpha value is -1.43. The van der Waals surface area contributed by atoms with E-state index in [1.807, 2.05) is 24.0 Å². The second-order valence-electron chi connectivity index (χ2n) is 6.79. The van der Waals surface area contributed by atoms with E-state index in [1.54, 1.807) is 12.1 Å². The van der Waals surface area contributed by atoms with Crippen LogP contribution in [0.5, 0.6) is 0 Å². The highest BCUT2D eigenvalue weighted by Crippen LogP contribution is 2.24. The quantitative estimate of drug-likeness (QED) is 0.771. The van der Waals surface area contributed by atoms with Gasteiger partial charge >= 0.3 is 0 Å². The average Bonchev–Trinajstić information content (AvgIpc) is 2.67. The summed E-state index contributed by atoms with van der Waals surface area (Å²) >= 11 is 5.90. The van der Waals surface area contributed by atoms with Crippen molar-refractivity contribution in [2.75, 3.05) is 39.3 Å². The van der Waals surface area contributed by atoms with Crippen LogP contribution < -0.4 is 0 Å². The van der Waals surface area contributed by atoms with E-state index in [9.17, 15) is 9.59 Å². The van der Waals surface area contributed by atoms with Gasteiger partial charge in [0.15, 0.2) is 5.78 Å². The Labute approximate surface area is 154 Å². The first-order chi connectivity index (χ1) is 12.1. The number of Topliss-reactive ketones (excluding diaryl/α,β-unsaturated/α-hetero) is 1. The minimum Gasteiger partial charge on any atom is -0.340 e. The van der Waals surface area contributed by atoms with E-state index < -0.39 is 0 Å². The summed E-state index contributed by atoms with van der Waals surface area (Å²) in [7, 11) is 0. The molecular weight excluding hydrogens is 338 g/mol. The van der Waals surface area contributed by atoms with Crippen molar-refractivity contribution >= 4 is 23.3 Å². The molecule has 5 nitrogen and oxygen atoms in total. The molecule has 2 saturated heterocycles. The van der Waals surface area contributed by atoms with Gasteiger partial charge in [-0.2, -0.15) is 0 Å². The number of hydrazine groups is 1. The molecule has 0 bridgehead atoms. The Morgan fingerprint density at radius 1 is 0.960 bits per heavy atom. The highest BCUT2D eigenvalue weighted by Gasteiger charge is 2.30. The summed E-state index contributed by atoms with van der Waals surface area (Å²) in [6, 6.07) is 7.20. The Kier molecular flexibility index (Phi) is 6.10. The number of rotatable bonds is 4. The lowest BCUT2D eigenvalue weighted by molar-refractivity contribution is -0.137. The van der Waals surface area contributed by atoms with Crippen LogP contribution in [-0.4, -0.2) is 65.9 Å². The molecule has 0 atom stereocenters. The lowest BCUT2D eigenvalue weighted by Crippen LogP contribution is -2.56. The molecule has 2 aliphatic heterocycles. The van der Waals surface area contributed by atoms with Crippen molar-refractivity contribution in [3.63, 3.8) is 0 Å². The molecule has 2 heterocycles. The maximum atomic E-state index is 12.6. The van der Waals surface area contributed by atoms with E-state index in [0.29, 0.717) is 11.4 Å². The number of nitrogens with zero attached hydrogens (tertiary/aromatic N) is 3. The van der Waals surface area contributed by atoms with Crippen molar-refractivity contribution in [1.29, 1.82) is 0 Å². The van der Waals surface area contributed by atoms with Crippen molar-refractivity contribution in [3.8, 4) is 0 Å². The van der Waals surface area contributed by atoms with Crippen molar-refractivity contribution in [1.82, 2.24) is 14.9 Å². The summed E-state index contributed by atoms with van der Waals surface area (Å²) in [6.45, 7) is 7.12. The van der Waals surface area contributed by atoms with Crippen LogP contribution in [0.2, 0.25) is 5.02 Å². The molecule has 0 aromatic heterocycles. The number of amides is 1. The maximum Gasteiger partial charge on any atom is 0.222 e. The van der Waals surface area contributed by atoms with Crippen molar-refractivity contribution in [2.45, 2.75) is 26.2 Å². The van der Waals surface area contributed by atoms with Crippen LogP contribution in [-0.2, 0) is 4.79 Å². The van der Waals surface area contributed by atoms with Crippen LogP contribution in [0.15, 0.2) is 24.3 Å². The van der Waals surface area contributed by atoms with Crippen LogP contribution in [0, 0.1) is 5.92 Å². The van der Waals surface area contributed by atoms with Crippen LogP contribution in [0.3, 0.4) is 0 Å². The number of ketones is 1. The van der Waals surface area contributed by atoms with Gasteiger partial charge in [-0.3, -0.25) is 9.59 Å². The van der Waals surface area contributed by atoms with Gasteiger partial charge in [-0.1, -0.05) is 18.5 Å². The smallest absolute Gasteiger partial charge is 0.222 e. The van der Waals surface area contributed by atoms with E-state index in [1.165, 1.54) is 0 Å². The lowest BCUT2D eigenvalue weighted by atomic mass is 9.89. The van der Waals surface area contributed by atoms with Crippen molar-refractivity contribution in [2.24, 2.45) is 5.92 Å². The molecule has 0 radical (unpaired) electrons. The summed E-state index contributed by atoms with van der Waals surface area (Å²) in [6.07, 6.45) is 2.35. The predicted octanol–water partition coefficient (Wildman–Crippen LogP) is 2.70. The van der Waals surface area contributed by atoms with Gasteiger partial charge in [-0.05, 0) is 37.1 Å². The monoisotopic (exact) mass is 363 g/mol. The van der Waals surface area contributed by atoms with Gasteiger partial charge in [0.2, 0.25) is 5.91 Å². The third-order valence-electron chi connectivity index (χ3n) is 5.28. The molecule has 2 fully saturated rings. The van der Waals surface area contributed by atoms with Crippen LogP contribution >= 0.6 is 11.6 Å². The van der Waals surface area contributed by atoms with Crippen LogP contribution in [0.1, 0.15) is 36.5 Å². The van der Waals surface area contributed by atoms with Crippen LogP contribution in [0.25, 0.3) is 0 Å². The first-order valence-electron chi connectivity index (χ1n) is 9.16. The van der Waals surface area contributed by atoms with Crippen molar-refractivity contribution < 1.29 is 9.59 Å². The fourth-order valence-electron chi connectivity index (χ4n) is 3.71. The third-order valence-corrected chi connectivity index (χ3v) is 5.53. The SMILES string of the molecule is CCC(=O)N1CCN(N2CCC(C(=O)c3ccc(Cl)cc3)CC2)CC1. The van der Waals surface area contributed by atoms with E-state index in [-0.39, 0.29) is 17.6 Å². The largest absolute Gasteiger partial charge is 0.340 e. The van der Waals surface area contributed by atoms with E-state index in [0.717, 1.165) is 57.7 Å².